The van der Waals surface area contributed by atoms with Gasteiger partial charge in [0.2, 0.25) is 0 Å². The number of piperidine rings is 1. The van der Waals surface area contributed by atoms with Crippen LogP contribution in [-0.4, -0.2) is 36.2 Å². The van der Waals surface area contributed by atoms with E-state index in [9.17, 15) is 22.8 Å². The predicted octanol–water partition coefficient (Wildman–Crippen LogP) is 3.03. The van der Waals surface area contributed by atoms with Gasteiger partial charge in [0.05, 0.1) is 0 Å². The topological polar surface area (TPSA) is 58.6 Å². The highest BCUT2D eigenvalue weighted by Gasteiger charge is 2.32. The molecule has 0 aliphatic carbocycles. The second-order valence-corrected chi connectivity index (χ2v) is 6.19. The molecule has 2 amide bonds. The van der Waals surface area contributed by atoms with Crippen molar-refractivity contribution in [3.8, 4) is 5.75 Å². The lowest BCUT2D eigenvalue weighted by Crippen LogP contribution is -2.47. The number of ether oxygens (including phenoxy) is 1. The second kappa shape index (κ2) is 7.11. The minimum Gasteiger partial charge on any atom is -0.406 e. The summed E-state index contributed by atoms with van der Waals surface area (Å²) >= 11 is 0. The van der Waals surface area contributed by atoms with Crippen LogP contribution in [0.25, 0.3) is 0 Å². The molecule has 0 saturated carbocycles. The summed E-state index contributed by atoms with van der Waals surface area (Å²) in [5.74, 6) is -1.42. The molecule has 24 heavy (non-hydrogen) atoms. The maximum atomic E-state index is 12.2. The van der Waals surface area contributed by atoms with Crippen LogP contribution >= 0.6 is 0 Å². The van der Waals surface area contributed by atoms with Crippen LogP contribution < -0.4 is 10.1 Å². The fourth-order valence-electron chi connectivity index (χ4n) is 2.93. The van der Waals surface area contributed by atoms with E-state index in [0.29, 0.717) is 24.9 Å². The number of anilines is 1. The zero-order chi connectivity index (χ0) is 17.9. The third kappa shape index (κ3) is 5.14. The zero-order valence-corrected chi connectivity index (χ0v) is 13.4. The van der Waals surface area contributed by atoms with E-state index in [1.165, 1.54) is 17.0 Å². The van der Waals surface area contributed by atoms with Crippen LogP contribution in [-0.2, 0) is 9.59 Å². The van der Waals surface area contributed by atoms with E-state index in [1.807, 2.05) is 13.8 Å². The lowest BCUT2D eigenvalue weighted by atomic mass is 9.92. The Morgan fingerprint density at radius 3 is 2.42 bits per heavy atom. The minimum absolute atomic E-state index is 0.0632. The van der Waals surface area contributed by atoms with E-state index in [2.05, 4.69) is 10.1 Å². The van der Waals surface area contributed by atoms with Gasteiger partial charge in [0, 0.05) is 24.8 Å². The molecule has 0 spiro atoms. The highest BCUT2D eigenvalue weighted by atomic mass is 19.4. The Morgan fingerprint density at radius 1 is 1.21 bits per heavy atom. The summed E-state index contributed by atoms with van der Waals surface area (Å²) in [4.78, 5) is 25.7. The van der Waals surface area contributed by atoms with Crippen molar-refractivity contribution in [2.45, 2.75) is 26.6 Å². The normalized spacial score (nSPS) is 21.3. The molecule has 1 aliphatic rings. The molecule has 1 aliphatic heterocycles. The quantitative estimate of drug-likeness (QED) is 0.839. The predicted molar refractivity (Wildman–Crippen MR) is 81.3 cm³/mol. The average Bonchev–Trinajstić information content (AvgIpc) is 2.43. The summed E-state index contributed by atoms with van der Waals surface area (Å²) in [6, 6.07) is 4.81. The number of nitrogens with one attached hydrogen (secondary N) is 1. The number of halogens is 3. The van der Waals surface area contributed by atoms with Crippen molar-refractivity contribution < 1.29 is 27.5 Å². The molecule has 1 heterocycles. The lowest BCUT2D eigenvalue weighted by Gasteiger charge is -2.34. The van der Waals surface area contributed by atoms with E-state index in [1.54, 1.807) is 0 Å². The van der Waals surface area contributed by atoms with Gasteiger partial charge in [-0.15, -0.1) is 13.2 Å². The minimum atomic E-state index is -4.82. The van der Waals surface area contributed by atoms with Crippen molar-refractivity contribution in [1.82, 2.24) is 4.90 Å². The molecule has 5 nitrogen and oxygen atoms in total. The van der Waals surface area contributed by atoms with Crippen LogP contribution in [0.2, 0.25) is 0 Å². The number of nitrogens with zero attached hydrogens (tertiary/aromatic N) is 1. The van der Waals surface area contributed by atoms with Gasteiger partial charge in [-0.3, -0.25) is 9.59 Å². The van der Waals surface area contributed by atoms with Crippen LogP contribution in [0.1, 0.15) is 20.3 Å². The first-order chi connectivity index (χ1) is 11.1. The van der Waals surface area contributed by atoms with Crippen molar-refractivity contribution in [2.24, 2.45) is 11.8 Å². The first-order valence-electron chi connectivity index (χ1n) is 7.60. The van der Waals surface area contributed by atoms with E-state index in [-0.39, 0.29) is 5.69 Å². The molecule has 1 saturated heterocycles. The third-order valence-corrected chi connectivity index (χ3v) is 3.68. The van der Waals surface area contributed by atoms with E-state index in [0.717, 1.165) is 18.6 Å². The molecular formula is C16H19F3N2O3. The van der Waals surface area contributed by atoms with Crippen molar-refractivity contribution in [3.63, 3.8) is 0 Å². The molecule has 0 bridgehead atoms. The fourth-order valence-corrected chi connectivity index (χ4v) is 2.93. The summed E-state index contributed by atoms with van der Waals surface area (Å²) in [7, 11) is 0. The summed E-state index contributed by atoms with van der Waals surface area (Å²) in [6.45, 7) is 5.00. The van der Waals surface area contributed by atoms with Crippen LogP contribution in [0.3, 0.4) is 0 Å². The molecule has 1 aromatic rings. The molecule has 1 fully saturated rings. The third-order valence-electron chi connectivity index (χ3n) is 3.68. The number of benzene rings is 1. The van der Waals surface area contributed by atoms with Gasteiger partial charge < -0.3 is 15.0 Å². The zero-order valence-electron chi connectivity index (χ0n) is 13.4. The highest BCUT2D eigenvalue weighted by Crippen LogP contribution is 2.25. The standard InChI is InChI=1S/C16H19F3N2O3/c1-10-6-11(2)9-21(8-10)15(23)14(22)20-12-4-3-5-13(7-12)24-16(17,18)19/h3-5,7,10-11H,6,8-9H2,1-2H3,(H,20,22)/t10-,11-/m0/s1. The Labute approximate surface area is 137 Å². The van der Waals surface area contributed by atoms with E-state index in [4.69, 9.17) is 0 Å². The monoisotopic (exact) mass is 344 g/mol. The smallest absolute Gasteiger partial charge is 0.406 e. The molecule has 1 aromatic carbocycles. The summed E-state index contributed by atoms with van der Waals surface area (Å²) in [5.41, 5.74) is 0.0632. The van der Waals surface area contributed by atoms with Crippen molar-refractivity contribution in [2.75, 3.05) is 18.4 Å². The molecular weight excluding hydrogens is 325 g/mol. The first kappa shape index (κ1) is 18.1. The molecule has 132 valence electrons. The molecule has 2 rings (SSSR count). The summed E-state index contributed by atoms with van der Waals surface area (Å²) in [6.07, 6.45) is -3.83. The number of carbonyl (C=O) groups is 2. The van der Waals surface area contributed by atoms with Gasteiger partial charge in [-0.05, 0) is 30.4 Å². The Kier molecular flexibility index (Phi) is 5.36. The molecule has 0 aromatic heterocycles. The number of amides is 2. The molecule has 2 atom stereocenters. The second-order valence-electron chi connectivity index (χ2n) is 6.19. The SMILES string of the molecule is C[C@H]1C[C@H](C)CN(C(=O)C(=O)Nc2cccc(OC(F)(F)F)c2)C1. The number of carbonyl (C=O) groups excluding carboxylic acids is 2. The van der Waals surface area contributed by atoms with Gasteiger partial charge in [-0.2, -0.15) is 0 Å². The number of rotatable bonds is 2. The van der Waals surface area contributed by atoms with Crippen LogP contribution in [0.5, 0.6) is 5.75 Å². The Hall–Kier alpha value is -2.25. The lowest BCUT2D eigenvalue weighted by molar-refractivity contribution is -0.274. The first-order valence-corrected chi connectivity index (χ1v) is 7.60. The van der Waals surface area contributed by atoms with Gasteiger partial charge in [0.15, 0.2) is 0 Å². The number of likely N-dealkylation sites (tertiary alicyclic amines) is 1. The molecule has 0 unspecified atom stereocenters. The van der Waals surface area contributed by atoms with Gasteiger partial charge in [-0.1, -0.05) is 19.9 Å². The van der Waals surface area contributed by atoms with Crippen LogP contribution in [0.15, 0.2) is 24.3 Å². The molecule has 0 radical (unpaired) electrons. The fraction of sp³-hybridized carbons (Fsp3) is 0.500. The Bertz CT molecular complexity index is 609. The van der Waals surface area contributed by atoms with Crippen molar-refractivity contribution >= 4 is 17.5 Å². The number of hydrogen-bond donors (Lipinski definition) is 1. The maximum Gasteiger partial charge on any atom is 0.573 e. The van der Waals surface area contributed by atoms with E-state index < -0.39 is 23.9 Å². The summed E-state index contributed by atoms with van der Waals surface area (Å²) in [5, 5.41) is 2.32. The van der Waals surface area contributed by atoms with Gasteiger partial charge in [-0.25, -0.2) is 0 Å². The van der Waals surface area contributed by atoms with Crippen LogP contribution in [0, 0.1) is 11.8 Å². The highest BCUT2D eigenvalue weighted by molar-refractivity contribution is 6.39. The molecule has 8 heteroatoms. The maximum absolute atomic E-state index is 12.2. The van der Waals surface area contributed by atoms with Crippen molar-refractivity contribution in [1.29, 1.82) is 0 Å². The number of hydrogen-bond acceptors (Lipinski definition) is 3. The van der Waals surface area contributed by atoms with E-state index >= 15 is 0 Å². The van der Waals surface area contributed by atoms with Crippen LogP contribution in [0.4, 0.5) is 18.9 Å². The van der Waals surface area contributed by atoms with Gasteiger partial charge >= 0.3 is 18.2 Å². The largest absolute Gasteiger partial charge is 0.573 e. The van der Waals surface area contributed by atoms with Gasteiger partial charge in [0.1, 0.15) is 5.75 Å². The number of alkyl halides is 3. The average molecular weight is 344 g/mol. The summed E-state index contributed by atoms with van der Waals surface area (Å²) < 4.78 is 40.4. The molecule has 1 N–H and O–H groups in total. The Balaban J connectivity index is 2.01. The van der Waals surface area contributed by atoms with Crippen molar-refractivity contribution in [3.05, 3.63) is 24.3 Å². The Morgan fingerprint density at radius 2 is 1.83 bits per heavy atom. The van der Waals surface area contributed by atoms with Gasteiger partial charge in [0.25, 0.3) is 0 Å².